The third kappa shape index (κ3) is 2.31. The van der Waals surface area contributed by atoms with Crippen molar-refractivity contribution in [3.8, 4) is 0 Å². The lowest BCUT2D eigenvalue weighted by molar-refractivity contribution is -0.206. The molecule has 3 rings (SSSR count). The summed E-state index contributed by atoms with van der Waals surface area (Å²) in [6, 6.07) is 0. The molecule has 3 atom stereocenters. The predicted molar refractivity (Wildman–Crippen MR) is 70.5 cm³/mol. The van der Waals surface area contributed by atoms with E-state index in [-0.39, 0.29) is 21.1 Å². The molecule has 108 valence electrons. The van der Waals surface area contributed by atoms with Crippen molar-refractivity contribution < 1.29 is 20.4 Å². The summed E-state index contributed by atoms with van der Waals surface area (Å²) in [5.74, 6) is -0.135. The topological polar surface area (TPSA) is 36.9 Å². The number of rotatable bonds is 1. The van der Waals surface area contributed by atoms with Crippen molar-refractivity contribution in [2.75, 3.05) is 26.4 Å². The van der Waals surface area contributed by atoms with Gasteiger partial charge in [-0.1, -0.05) is 28.2 Å². The van der Waals surface area contributed by atoms with Crippen molar-refractivity contribution in [2.45, 2.75) is 52.6 Å². The molecule has 4 heteroatoms. The van der Waals surface area contributed by atoms with Gasteiger partial charge in [0.1, 0.15) is 12.7 Å². The van der Waals surface area contributed by atoms with Gasteiger partial charge in [-0.2, -0.15) is 0 Å². The molecule has 0 aliphatic carbocycles. The molecule has 0 bridgehead atoms. The molecule has 3 heterocycles. The van der Waals surface area contributed by atoms with E-state index in [2.05, 4.69) is 20.8 Å². The molecule has 1 spiro atoms. The van der Waals surface area contributed by atoms with E-state index in [0.29, 0.717) is 31.2 Å². The second kappa shape index (κ2) is 4.75. The molecule has 0 radical (unpaired) electrons. The van der Waals surface area contributed by atoms with E-state index in [1.165, 1.54) is 0 Å². The summed E-state index contributed by atoms with van der Waals surface area (Å²) in [6.45, 7) is 9.36. The van der Waals surface area contributed by atoms with Gasteiger partial charge in [-0.15, -0.1) is 0 Å². The van der Waals surface area contributed by atoms with Gasteiger partial charge in [0.05, 0.1) is 25.9 Å². The van der Waals surface area contributed by atoms with E-state index in [1.54, 1.807) is 0 Å². The third-order valence-corrected chi connectivity index (χ3v) is 3.81. The Morgan fingerprint density at radius 1 is 1.17 bits per heavy atom. The van der Waals surface area contributed by atoms with E-state index in [9.17, 15) is 0 Å². The normalized spacial score (nSPS) is 37.8. The first kappa shape index (κ1) is 14.3. The van der Waals surface area contributed by atoms with Crippen LogP contribution in [0.2, 0.25) is 0 Å². The van der Waals surface area contributed by atoms with Gasteiger partial charge in [-0.25, -0.2) is 0 Å². The maximum atomic E-state index is 5.90. The number of hydrogen-bond donors (Lipinski definition) is 0. The molecule has 0 saturated carbocycles. The molecule has 0 amide bonds. The SMILES string of the molecule is C.CC(C)(C)CC1COC2C1OCC21OCCO1.[2HH]. The van der Waals surface area contributed by atoms with Crippen molar-refractivity contribution in [1.82, 2.24) is 0 Å². The van der Waals surface area contributed by atoms with E-state index in [1.807, 2.05) is 0 Å². The van der Waals surface area contributed by atoms with Crippen LogP contribution in [0.15, 0.2) is 0 Å². The molecular formula is C14H28O4. The molecule has 3 aliphatic rings. The zero-order valence-electron chi connectivity index (χ0n) is 10.9. The van der Waals surface area contributed by atoms with E-state index >= 15 is 0 Å². The summed E-state index contributed by atoms with van der Waals surface area (Å²) in [6.07, 6.45) is 1.23. The van der Waals surface area contributed by atoms with Gasteiger partial charge in [0.2, 0.25) is 5.79 Å². The van der Waals surface area contributed by atoms with Crippen molar-refractivity contribution >= 4 is 0 Å². The Kier molecular flexibility index (Phi) is 3.76. The maximum Gasteiger partial charge on any atom is 0.221 e. The molecule has 0 aromatic rings. The summed E-state index contributed by atoms with van der Waals surface area (Å²) in [7, 11) is 0. The zero-order chi connectivity index (χ0) is 12.1. The Morgan fingerprint density at radius 2 is 1.83 bits per heavy atom. The van der Waals surface area contributed by atoms with Crippen LogP contribution in [0.4, 0.5) is 0 Å². The molecule has 3 unspecified atom stereocenters. The monoisotopic (exact) mass is 261 g/mol. The minimum absolute atomic E-state index is 0. The molecule has 4 nitrogen and oxygen atoms in total. The number of fused-ring (bicyclic) bond motifs is 2. The first-order valence-corrected chi connectivity index (χ1v) is 6.51. The highest BCUT2D eigenvalue weighted by atomic mass is 16.8. The Bertz CT molecular complexity index is 296. The Labute approximate surface area is 111 Å². The summed E-state index contributed by atoms with van der Waals surface area (Å²) < 4.78 is 23.2. The fraction of sp³-hybridized carbons (Fsp3) is 1.00. The highest BCUT2D eigenvalue weighted by molar-refractivity contribution is 5.01. The Balaban J connectivity index is 0.000000902. The van der Waals surface area contributed by atoms with Gasteiger partial charge >= 0.3 is 0 Å². The van der Waals surface area contributed by atoms with E-state index in [0.717, 1.165) is 13.0 Å². The van der Waals surface area contributed by atoms with Crippen molar-refractivity contribution in [2.24, 2.45) is 11.3 Å². The zero-order valence-corrected chi connectivity index (χ0v) is 10.9. The quantitative estimate of drug-likeness (QED) is 0.726. The van der Waals surface area contributed by atoms with Crippen LogP contribution in [-0.4, -0.2) is 44.4 Å². The van der Waals surface area contributed by atoms with Crippen LogP contribution in [0.5, 0.6) is 0 Å². The predicted octanol–water partition coefficient (Wildman–Crippen LogP) is 2.46. The second-order valence-electron chi connectivity index (χ2n) is 6.56. The Morgan fingerprint density at radius 3 is 2.44 bits per heavy atom. The molecular weight excluding hydrogens is 232 g/mol. The van der Waals surface area contributed by atoms with E-state index in [4.69, 9.17) is 18.9 Å². The molecule has 0 N–H and O–H groups in total. The summed E-state index contributed by atoms with van der Waals surface area (Å²) >= 11 is 0. The lowest BCUT2D eigenvalue weighted by atomic mass is 9.82. The maximum absolute atomic E-state index is 5.90. The molecule has 3 saturated heterocycles. The molecule has 18 heavy (non-hydrogen) atoms. The van der Waals surface area contributed by atoms with Crippen LogP contribution in [0.1, 0.15) is 36.0 Å². The largest absolute Gasteiger partial charge is 0.369 e. The summed E-state index contributed by atoms with van der Waals surface area (Å²) in [5.41, 5.74) is 0.305. The third-order valence-electron chi connectivity index (χ3n) is 3.81. The highest BCUT2D eigenvalue weighted by Gasteiger charge is 2.60. The van der Waals surface area contributed by atoms with Gasteiger partial charge in [-0.05, 0) is 11.8 Å². The fourth-order valence-electron chi connectivity index (χ4n) is 3.24. The lowest BCUT2D eigenvalue weighted by Crippen LogP contribution is -2.44. The summed E-state index contributed by atoms with van der Waals surface area (Å²) in [5, 5.41) is 0. The molecule has 3 aliphatic heterocycles. The molecule has 3 fully saturated rings. The highest BCUT2D eigenvalue weighted by Crippen LogP contribution is 2.44. The first-order valence-electron chi connectivity index (χ1n) is 6.51. The van der Waals surface area contributed by atoms with Crippen molar-refractivity contribution in [3.63, 3.8) is 0 Å². The van der Waals surface area contributed by atoms with Crippen LogP contribution < -0.4 is 0 Å². The smallest absolute Gasteiger partial charge is 0.221 e. The minimum Gasteiger partial charge on any atom is -0.369 e. The van der Waals surface area contributed by atoms with Gasteiger partial charge < -0.3 is 18.9 Å². The number of hydrogen-bond acceptors (Lipinski definition) is 4. The average Bonchev–Trinajstić information content (AvgIpc) is 2.87. The lowest BCUT2D eigenvalue weighted by Gasteiger charge is -2.26. The van der Waals surface area contributed by atoms with Gasteiger partial charge in [-0.3, -0.25) is 0 Å². The second-order valence-corrected chi connectivity index (χ2v) is 6.56. The van der Waals surface area contributed by atoms with Gasteiger partial charge in [0.25, 0.3) is 0 Å². The first-order chi connectivity index (χ1) is 8.00. The van der Waals surface area contributed by atoms with Crippen LogP contribution >= 0.6 is 0 Å². The number of ether oxygens (including phenoxy) is 4. The van der Waals surface area contributed by atoms with Crippen LogP contribution in [0.25, 0.3) is 0 Å². The average molecular weight is 261 g/mol. The Hall–Kier alpha value is -0.160. The minimum atomic E-state index is -0.600. The van der Waals surface area contributed by atoms with Crippen molar-refractivity contribution in [1.29, 1.82) is 0 Å². The van der Waals surface area contributed by atoms with Crippen molar-refractivity contribution in [3.05, 3.63) is 0 Å². The van der Waals surface area contributed by atoms with Crippen LogP contribution in [-0.2, 0) is 18.9 Å². The van der Waals surface area contributed by atoms with Gasteiger partial charge in [0, 0.05) is 7.34 Å². The fourth-order valence-corrected chi connectivity index (χ4v) is 3.24. The van der Waals surface area contributed by atoms with Crippen LogP contribution in [0, 0.1) is 11.3 Å². The standard InChI is InChI=1S/C13H22O4.CH4.H2/c1-12(2,3)6-9-7-14-11-10(9)15-8-13(11)16-4-5-17-13;;/h9-11H,4-8H2,1-3H3;1H4;1H/i;;1+1. The van der Waals surface area contributed by atoms with Crippen LogP contribution in [0.3, 0.4) is 0 Å². The summed E-state index contributed by atoms with van der Waals surface area (Å²) in [4.78, 5) is 0. The van der Waals surface area contributed by atoms with Gasteiger partial charge in [0.15, 0.2) is 0 Å². The van der Waals surface area contributed by atoms with E-state index < -0.39 is 5.79 Å². The molecule has 0 aromatic carbocycles. The molecule has 0 aromatic heterocycles.